The summed E-state index contributed by atoms with van der Waals surface area (Å²) < 4.78 is 0. The molecule has 0 aromatic heterocycles. The zero-order valence-corrected chi connectivity index (χ0v) is 13.2. The first-order chi connectivity index (χ1) is 10.1. The maximum absolute atomic E-state index is 10.7. The summed E-state index contributed by atoms with van der Waals surface area (Å²) in [6.45, 7) is 6.74. The number of likely N-dealkylation sites (tertiary alicyclic amines) is 1. The molecule has 1 saturated heterocycles. The molecule has 116 valence electrons. The molecule has 0 saturated carbocycles. The summed E-state index contributed by atoms with van der Waals surface area (Å²) in [4.78, 5) is 13.3. The molecular weight excluding hydrogens is 262 g/mol. The van der Waals surface area contributed by atoms with Crippen LogP contribution in [0.3, 0.4) is 0 Å². The van der Waals surface area contributed by atoms with Crippen LogP contribution in [0.5, 0.6) is 0 Å². The summed E-state index contributed by atoms with van der Waals surface area (Å²) in [6, 6.07) is 11.2. The predicted molar refractivity (Wildman–Crippen MR) is 85.2 cm³/mol. The van der Waals surface area contributed by atoms with Gasteiger partial charge in [-0.1, -0.05) is 44.2 Å². The molecule has 0 aliphatic carbocycles. The lowest BCUT2D eigenvalue weighted by molar-refractivity contribution is -0.137. The van der Waals surface area contributed by atoms with Crippen molar-refractivity contribution in [3.05, 3.63) is 35.9 Å². The zero-order valence-electron chi connectivity index (χ0n) is 13.2. The monoisotopic (exact) mass is 289 g/mol. The number of hydrogen-bond acceptors (Lipinski definition) is 2. The van der Waals surface area contributed by atoms with Gasteiger partial charge in [0.15, 0.2) is 0 Å². The molecule has 1 aromatic carbocycles. The van der Waals surface area contributed by atoms with Crippen molar-refractivity contribution in [3.63, 3.8) is 0 Å². The van der Waals surface area contributed by atoms with Gasteiger partial charge in [0.2, 0.25) is 0 Å². The van der Waals surface area contributed by atoms with Gasteiger partial charge in [-0.15, -0.1) is 0 Å². The normalized spacial score (nSPS) is 18.8. The van der Waals surface area contributed by atoms with Crippen LogP contribution in [0, 0.1) is 11.8 Å². The standard InChI is InChI=1S/C18H27NO2/c1-14(2)18(16-6-4-3-5-7-16)19-12-10-15(11-13-19)8-9-17(20)21/h3-7,14-15,18H,8-13H2,1-2H3,(H,20,21). The van der Waals surface area contributed by atoms with Gasteiger partial charge in [0.05, 0.1) is 0 Å². The van der Waals surface area contributed by atoms with Crippen molar-refractivity contribution in [2.24, 2.45) is 11.8 Å². The predicted octanol–water partition coefficient (Wildman–Crippen LogP) is 3.96. The van der Waals surface area contributed by atoms with Crippen LogP contribution >= 0.6 is 0 Å². The molecule has 3 heteroatoms. The van der Waals surface area contributed by atoms with Crippen LogP contribution in [0.4, 0.5) is 0 Å². The maximum atomic E-state index is 10.7. The summed E-state index contributed by atoms with van der Waals surface area (Å²) in [5.74, 6) is 0.505. The van der Waals surface area contributed by atoms with Gasteiger partial charge in [0.1, 0.15) is 0 Å². The molecule has 3 nitrogen and oxygen atoms in total. The van der Waals surface area contributed by atoms with Crippen LogP contribution < -0.4 is 0 Å². The van der Waals surface area contributed by atoms with Crippen LogP contribution in [0.1, 0.15) is 51.1 Å². The zero-order chi connectivity index (χ0) is 15.2. The highest BCUT2D eigenvalue weighted by molar-refractivity contribution is 5.66. The summed E-state index contributed by atoms with van der Waals surface area (Å²) in [5, 5.41) is 8.80. The van der Waals surface area contributed by atoms with Gasteiger partial charge >= 0.3 is 5.97 Å². The number of rotatable bonds is 6. The molecule has 0 radical (unpaired) electrons. The third-order valence-electron chi connectivity index (χ3n) is 4.58. The summed E-state index contributed by atoms with van der Waals surface area (Å²) in [5.41, 5.74) is 1.40. The SMILES string of the molecule is CC(C)C(c1ccccc1)N1CCC(CCC(=O)O)CC1. The Morgan fingerprint density at radius 2 is 1.86 bits per heavy atom. The first-order valence-electron chi connectivity index (χ1n) is 8.08. The Balaban J connectivity index is 1.94. The lowest BCUT2D eigenvalue weighted by Crippen LogP contribution is -2.39. The van der Waals surface area contributed by atoms with Crippen molar-refractivity contribution in [1.82, 2.24) is 4.90 Å². The average molecular weight is 289 g/mol. The van der Waals surface area contributed by atoms with Crippen LogP contribution in [0.2, 0.25) is 0 Å². The number of carbonyl (C=O) groups is 1. The van der Waals surface area contributed by atoms with E-state index in [2.05, 4.69) is 49.1 Å². The van der Waals surface area contributed by atoms with E-state index in [0.29, 0.717) is 24.3 Å². The Bertz CT molecular complexity index is 436. The highest BCUT2D eigenvalue weighted by Gasteiger charge is 2.28. The Kier molecular flexibility index (Phi) is 5.80. The molecule has 0 amide bonds. The number of aliphatic carboxylic acids is 1. The molecule has 1 aromatic rings. The molecule has 1 fully saturated rings. The van der Waals surface area contributed by atoms with Crippen LogP contribution in [-0.4, -0.2) is 29.1 Å². The van der Waals surface area contributed by atoms with E-state index >= 15 is 0 Å². The molecule has 21 heavy (non-hydrogen) atoms. The maximum Gasteiger partial charge on any atom is 0.303 e. The van der Waals surface area contributed by atoms with Gasteiger partial charge in [0.25, 0.3) is 0 Å². The molecule has 1 aliphatic heterocycles. The van der Waals surface area contributed by atoms with E-state index in [1.165, 1.54) is 5.56 Å². The molecule has 1 unspecified atom stereocenters. The fourth-order valence-corrected chi connectivity index (χ4v) is 3.51. The minimum atomic E-state index is -0.665. The van der Waals surface area contributed by atoms with Crippen molar-refractivity contribution in [2.75, 3.05) is 13.1 Å². The van der Waals surface area contributed by atoms with Crippen molar-refractivity contribution in [3.8, 4) is 0 Å². The molecule has 1 N–H and O–H groups in total. The van der Waals surface area contributed by atoms with Crippen molar-refractivity contribution in [1.29, 1.82) is 0 Å². The molecule has 1 aliphatic rings. The van der Waals surface area contributed by atoms with E-state index in [0.717, 1.165) is 32.4 Å². The molecule has 0 spiro atoms. The third kappa shape index (κ3) is 4.57. The fourth-order valence-electron chi connectivity index (χ4n) is 3.51. The fraction of sp³-hybridized carbons (Fsp3) is 0.611. The Morgan fingerprint density at radius 1 is 1.24 bits per heavy atom. The van der Waals surface area contributed by atoms with Gasteiger partial charge in [-0.25, -0.2) is 0 Å². The van der Waals surface area contributed by atoms with Crippen LogP contribution in [-0.2, 0) is 4.79 Å². The minimum absolute atomic E-state index is 0.316. The Morgan fingerprint density at radius 3 is 2.38 bits per heavy atom. The first kappa shape index (κ1) is 16.0. The van der Waals surface area contributed by atoms with Gasteiger partial charge < -0.3 is 5.11 Å². The van der Waals surface area contributed by atoms with Crippen molar-refractivity contribution in [2.45, 2.75) is 45.6 Å². The largest absolute Gasteiger partial charge is 0.481 e. The highest BCUT2D eigenvalue weighted by atomic mass is 16.4. The number of hydrogen-bond donors (Lipinski definition) is 1. The molecule has 2 rings (SSSR count). The van der Waals surface area contributed by atoms with Gasteiger partial charge in [-0.3, -0.25) is 9.69 Å². The average Bonchev–Trinajstić information content (AvgIpc) is 2.47. The minimum Gasteiger partial charge on any atom is -0.481 e. The highest BCUT2D eigenvalue weighted by Crippen LogP contribution is 2.33. The molecule has 0 bridgehead atoms. The lowest BCUT2D eigenvalue weighted by atomic mass is 9.88. The number of carboxylic acid groups (broad SMARTS) is 1. The van der Waals surface area contributed by atoms with Crippen LogP contribution in [0.15, 0.2) is 30.3 Å². The second kappa shape index (κ2) is 7.60. The van der Waals surface area contributed by atoms with Gasteiger partial charge in [-0.05, 0) is 49.8 Å². The second-order valence-corrected chi connectivity index (χ2v) is 6.51. The smallest absolute Gasteiger partial charge is 0.303 e. The summed E-state index contributed by atoms with van der Waals surface area (Å²) in [6.07, 6.45) is 3.41. The van der Waals surface area contributed by atoms with E-state index in [9.17, 15) is 4.79 Å². The summed E-state index contributed by atoms with van der Waals surface area (Å²) in [7, 11) is 0. The molecule has 1 atom stereocenters. The number of piperidine rings is 1. The number of carboxylic acids is 1. The Labute approximate surface area is 128 Å². The third-order valence-corrected chi connectivity index (χ3v) is 4.58. The van der Waals surface area contributed by atoms with Crippen molar-refractivity contribution < 1.29 is 9.90 Å². The summed E-state index contributed by atoms with van der Waals surface area (Å²) >= 11 is 0. The second-order valence-electron chi connectivity index (χ2n) is 6.51. The van der Waals surface area contributed by atoms with Gasteiger partial charge in [-0.2, -0.15) is 0 Å². The van der Waals surface area contributed by atoms with Gasteiger partial charge in [0, 0.05) is 12.5 Å². The lowest BCUT2D eigenvalue weighted by Gasteiger charge is -2.39. The van der Waals surface area contributed by atoms with E-state index in [1.54, 1.807) is 0 Å². The molecule has 1 heterocycles. The quantitative estimate of drug-likeness (QED) is 0.861. The number of benzene rings is 1. The Hall–Kier alpha value is -1.35. The molecular formula is C18H27NO2. The topological polar surface area (TPSA) is 40.5 Å². The number of nitrogens with zero attached hydrogens (tertiary/aromatic N) is 1. The van der Waals surface area contributed by atoms with E-state index in [4.69, 9.17) is 5.11 Å². The van der Waals surface area contributed by atoms with E-state index in [1.807, 2.05) is 0 Å². The van der Waals surface area contributed by atoms with E-state index < -0.39 is 5.97 Å². The van der Waals surface area contributed by atoms with Crippen LogP contribution in [0.25, 0.3) is 0 Å². The van der Waals surface area contributed by atoms with E-state index in [-0.39, 0.29) is 0 Å². The van der Waals surface area contributed by atoms with Crippen molar-refractivity contribution >= 4 is 5.97 Å². The first-order valence-corrected chi connectivity index (χ1v) is 8.08.